The second-order valence-electron chi connectivity index (χ2n) is 10.5. The van der Waals surface area contributed by atoms with Gasteiger partial charge in [-0.05, 0) is 36.6 Å². The first-order valence-electron chi connectivity index (χ1n) is 15.1. The fourth-order valence-corrected chi connectivity index (χ4v) is 4.68. The van der Waals surface area contributed by atoms with Gasteiger partial charge in [-0.1, -0.05) is 96.0 Å². The predicted molar refractivity (Wildman–Crippen MR) is 154 cm³/mol. The van der Waals surface area contributed by atoms with Crippen LogP contribution in [0.1, 0.15) is 115 Å². The first-order valence-corrected chi connectivity index (χ1v) is 15.1. The summed E-state index contributed by atoms with van der Waals surface area (Å²) in [6.07, 6.45) is 22.3. The van der Waals surface area contributed by atoms with Crippen LogP contribution in [-0.4, -0.2) is 50.1 Å². The molecular formula is C32H50O7. The average molecular weight is 547 g/mol. The van der Waals surface area contributed by atoms with E-state index in [1.54, 1.807) is 18.2 Å². The Balaban J connectivity index is 1.80. The number of carbonyl (C=O) groups is 2. The number of rotatable bonds is 5. The quantitative estimate of drug-likeness (QED) is 0.301. The van der Waals surface area contributed by atoms with Gasteiger partial charge in [-0.3, -0.25) is 4.79 Å². The zero-order chi connectivity index (χ0) is 28.0. The van der Waals surface area contributed by atoms with Crippen molar-refractivity contribution in [1.29, 1.82) is 0 Å². The van der Waals surface area contributed by atoms with Crippen molar-refractivity contribution in [3.63, 3.8) is 0 Å². The Hall–Kier alpha value is -2.54. The number of benzene rings is 1. The lowest BCUT2D eigenvalue weighted by molar-refractivity contribution is -0.153. The molecule has 1 saturated heterocycles. The Morgan fingerprint density at radius 1 is 0.897 bits per heavy atom. The Morgan fingerprint density at radius 3 is 2.05 bits per heavy atom. The van der Waals surface area contributed by atoms with E-state index in [2.05, 4.69) is 0 Å². The number of cyclic esters (lactones) is 1. The highest BCUT2D eigenvalue weighted by Crippen LogP contribution is 2.26. The van der Waals surface area contributed by atoms with Crippen LogP contribution in [0.3, 0.4) is 0 Å². The van der Waals surface area contributed by atoms with E-state index in [0.29, 0.717) is 24.3 Å². The molecule has 7 heteroatoms. The van der Waals surface area contributed by atoms with Crippen LogP contribution in [0.25, 0.3) is 6.08 Å². The summed E-state index contributed by atoms with van der Waals surface area (Å²) in [6, 6.07) is 4.80. The molecule has 0 bridgehead atoms. The highest BCUT2D eigenvalue weighted by Gasteiger charge is 2.15. The summed E-state index contributed by atoms with van der Waals surface area (Å²) in [6.45, 7) is 0.628. The molecule has 1 fully saturated rings. The van der Waals surface area contributed by atoms with Crippen LogP contribution >= 0.6 is 0 Å². The topological polar surface area (TPSA) is 91.3 Å². The van der Waals surface area contributed by atoms with Crippen LogP contribution in [0.15, 0.2) is 24.3 Å². The maximum absolute atomic E-state index is 12.3. The molecule has 2 rings (SSSR count). The second kappa shape index (κ2) is 21.3. The number of phenolic OH excluding ortho intramolecular Hbond substituents is 1. The Bertz CT molecular complexity index is 836. The predicted octanol–water partition coefficient (Wildman–Crippen LogP) is 7.53. The summed E-state index contributed by atoms with van der Waals surface area (Å²) >= 11 is 0. The van der Waals surface area contributed by atoms with Crippen molar-refractivity contribution in [2.75, 3.05) is 26.9 Å². The number of phenols is 1. The molecule has 1 N–H and O–H groups in total. The molecule has 1 aliphatic rings. The van der Waals surface area contributed by atoms with Crippen molar-refractivity contribution >= 4 is 18.0 Å². The lowest BCUT2D eigenvalue weighted by Gasteiger charge is -2.18. The van der Waals surface area contributed by atoms with Crippen molar-refractivity contribution < 1.29 is 33.6 Å². The molecule has 7 nitrogen and oxygen atoms in total. The van der Waals surface area contributed by atoms with Gasteiger partial charge in [0.25, 0.3) is 0 Å². The van der Waals surface area contributed by atoms with Gasteiger partial charge >= 0.3 is 11.9 Å². The minimum absolute atomic E-state index is 0.00928. The summed E-state index contributed by atoms with van der Waals surface area (Å²) in [5.74, 6) is -0.395. The first kappa shape index (κ1) is 32.7. The molecule has 0 unspecified atom stereocenters. The van der Waals surface area contributed by atoms with E-state index in [4.69, 9.17) is 18.9 Å². The summed E-state index contributed by atoms with van der Waals surface area (Å²) in [5.41, 5.74) is 0.691. The van der Waals surface area contributed by atoms with Crippen LogP contribution in [0.4, 0.5) is 0 Å². The van der Waals surface area contributed by atoms with Gasteiger partial charge in [-0.15, -0.1) is 0 Å². The van der Waals surface area contributed by atoms with Crippen molar-refractivity contribution in [1.82, 2.24) is 0 Å². The van der Waals surface area contributed by atoms with E-state index in [1.165, 1.54) is 96.3 Å². The van der Waals surface area contributed by atoms with Crippen LogP contribution < -0.4 is 4.74 Å². The third-order valence-electron chi connectivity index (χ3n) is 7.09. The number of aromatic hydroxyl groups is 1. The monoisotopic (exact) mass is 546 g/mol. The standard InChI is InChI=1S/C32H50O7/c1-36-30-24-27(19-21-29(30)33)20-22-32(35)39-26-28-25-38-31(34)18-16-14-12-10-8-6-4-2-3-5-7-9-11-13-15-17-23-37-28/h19-22,24,28,33H,2-18,23,25-26H2,1H3/b22-20+/t28-/m0/s1. The average Bonchev–Trinajstić information content (AvgIpc) is 2.94. The van der Waals surface area contributed by atoms with Crippen molar-refractivity contribution in [2.45, 2.75) is 115 Å². The van der Waals surface area contributed by atoms with Crippen LogP contribution in [-0.2, 0) is 23.8 Å². The molecule has 0 spiro atoms. The number of ether oxygens (including phenoxy) is 4. The van der Waals surface area contributed by atoms with E-state index in [-0.39, 0.29) is 24.9 Å². The van der Waals surface area contributed by atoms with Crippen molar-refractivity contribution in [3.8, 4) is 11.5 Å². The van der Waals surface area contributed by atoms with Crippen LogP contribution in [0.2, 0.25) is 0 Å². The maximum Gasteiger partial charge on any atom is 0.330 e. The van der Waals surface area contributed by atoms with Gasteiger partial charge in [-0.2, -0.15) is 0 Å². The zero-order valence-corrected chi connectivity index (χ0v) is 24.0. The van der Waals surface area contributed by atoms with Gasteiger partial charge < -0.3 is 24.1 Å². The highest BCUT2D eigenvalue weighted by atomic mass is 16.6. The minimum atomic E-state index is -0.522. The zero-order valence-electron chi connectivity index (χ0n) is 24.0. The Morgan fingerprint density at radius 2 is 1.46 bits per heavy atom. The van der Waals surface area contributed by atoms with E-state index < -0.39 is 12.1 Å². The molecule has 1 aromatic rings. The van der Waals surface area contributed by atoms with Crippen LogP contribution in [0, 0.1) is 0 Å². The lowest BCUT2D eigenvalue weighted by atomic mass is 10.0. The van der Waals surface area contributed by atoms with E-state index in [1.807, 2.05) is 0 Å². The van der Waals surface area contributed by atoms with E-state index in [0.717, 1.165) is 25.7 Å². The SMILES string of the molecule is COc1cc(/C=C/C(=O)OC[C@@H]2COC(=O)CCCCCCCCCCCCCCCCCCO2)ccc1O. The number of hydrogen-bond acceptors (Lipinski definition) is 7. The number of hydrogen-bond donors (Lipinski definition) is 1. The fraction of sp³-hybridized carbons (Fsp3) is 0.688. The Kier molecular flexibility index (Phi) is 17.8. The van der Waals surface area contributed by atoms with Gasteiger partial charge in [0, 0.05) is 19.1 Å². The van der Waals surface area contributed by atoms with E-state index >= 15 is 0 Å². The number of carbonyl (C=O) groups excluding carboxylic acids is 2. The Labute approximate surface area is 235 Å². The second-order valence-corrected chi connectivity index (χ2v) is 10.5. The summed E-state index contributed by atoms with van der Waals surface area (Å²) in [7, 11) is 1.47. The normalized spacial score (nSPS) is 20.6. The molecule has 1 aliphatic heterocycles. The molecule has 1 heterocycles. The van der Waals surface area contributed by atoms with E-state index in [9.17, 15) is 14.7 Å². The molecule has 39 heavy (non-hydrogen) atoms. The van der Waals surface area contributed by atoms with Gasteiger partial charge in [0.05, 0.1) is 7.11 Å². The maximum atomic E-state index is 12.3. The summed E-state index contributed by atoms with van der Waals surface area (Å²) in [4.78, 5) is 24.6. The smallest absolute Gasteiger partial charge is 0.330 e. The number of methoxy groups -OCH3 is 1. The summed E-state index contributed by atoms with van der Waals surface area (Å²) in [5, 5.41) is 9.71. The lowest BCUT2D eigenvalue weighted by Crippen LogP contribution is -2.28. The molecule has 0 radical (unpaired) electrons. The molecular weight excluding hydrogens is 496 g/mol. The molecule has 1 aromatic carbocycles. The van der Waals surface area contributed by atoms with Gasteiger partial charge in [0.1, 0.15) is 19.3 Å². The molecule has 0 amide bonds. The molecule has 0 aliphatic carbocycles. The largest absolute Gasteiger partial charge is 0.504 e. The molecule has 1 atom stereocenters. The van der Waals surface area contributed by atoms with Crippen molar-refractivity contribution in [2.24, 2.45) is 0 Å². The van der Waals surface area contributed by atoms with Crippen LogP contribution in [0.5, 0.6) is 11.5 Å². The first-order chi connectivity index (χ1) is 19.1. The van der Waals surface area contributed by atoms with Gasteiger partial charge in [-0.25, -0.2) is 4.79 Å². The number of esters is 2. The third-order valence-corrected chi connectivity index (χ3v) is 7.09. The van der Waals surface area contributed by atoms with Crippen molar-refractivity contribution in [3.05, 3.63) is 29.8 Å². The highest BCUT2D eigenvalue weighted by molar-refractivity contribution is 5.87. The summed E-state index contributed by atoms with van der Waals surface area (Å²) < 4.78 is 21.9. The third kappa shape index (κ3) is 16.2. The van der Waals surface area contributed by atoms with Gasteiger partial charge in [0.15, 0.2) is 11.5 Å². The molecule has 220 valence electrons. The fourth-order valence-electron chi connectivity index (χ4n) is 4.68. The molecule has 0 aromatic heterocycles. The van der Waals surface area contributed by atoms with Gasteiger partial charge in [0.2, 0.25) is 0 Å². The molecule has 0 saturated carbocycles. The minimum Gasteiger partial charge on any atom is -0.504 e.